The van der Waals surface area contributed by atoms with E-state index in [9.17, 15) is 14.0 Å². The van der Waals surface area contributed by atoms with Gasteiger partial charge in [0.1, 0.15) is 5.82 Å². The monoisotopic (exact) mass is 459 g/mol. The van der Waals surface area contributed by atoms with Crippen molar-refractivity contribution in [3.8, 4) is 0 Å². The first kappa shape index (κ1) is 23.5. The number of nitrogens with zero attached hydrogens (tertiary/aromatic N) is 1. The fourth-order valence-corrected chi connectivity index (χ4v) is 4.21. The summed E-state index contributed by atoms with van der Waals surface area (Å²) in [6.07, 6.45) is 2.89. The average molecular weight is 460 g/mol. The number of rotatable bonds is 7. The van der Waals surface area contributed by atoms with Crippen molar-refractivity contribution in [1.82, 2.24) is 5.32 Å². The van der Waals surface area contributed by atoms with Crippen LogP contribution in [0, 0.1) is 11.7 Å². The first-order chi connectivity index (χ1) is 16.5. The molecule has 5 nitrogen and oxygen atoms in total. The molecule has 0 spiro atoms. The number of amides is 2. The third-order valence-corrected chi connectivity index (χ3v) is 6.25. The van der Waals surface area contributed by atoms with E-state index < -0.39 is 11.7 Å². The SMILES string of the molecule is CC1CCN(c2ccc(NC(=O)c3cccc(F)c3)cc2C(=O)NCCc2ccccc2)CC1. The van der Waals surface area contributed by atoms with E-state index >= 15 is 0 Å². The van der Waals surface area contributed by atoms with E-state index in [2.05, 4.69) is 22.5 Å². The Hall–Kier alpha value is -3.67. The highest BCUT2D eigenvalue weighted by Gasteiger charge is 2.22. The minimum Gasteiger partial charge on any atom is -0.371 e. The molecule has 3 aromatic carbocycles. The minimum atomic E-state index is -0.471. The van der Waals surface area contributed by atoms with Crippen molar-refractivity contribution in [3.63, 3.8) is 0 Å². The third-order valence-electron chi connectivity index (χ3n) is 6.25. The molecule has 0 saturated carbocycles. The molecule has 0 unspecified atom stereocenters. The molecule has 6 heteroatoms. The van der Waals surface area contributed by atoms with Gasteiger partial charge in [0.15, 0.2) is 0 Å². The van der Waals surface area contributed by atoms with Crippen molar-refractivity contribution in [1.29, 1.82) is 0 Å². The third kappa shape index (κ3) is 6.01. The average Bonchev–Trinajstić information content (AvgIpc) is 2.85. The Labute approximate surface area is 200 Å². The molecule has 1 heterocycles. The van der Waals surface area contributed by atoms with Crippen molar-refractivity contribution in [2.45, 2.75) is 26.2 Å². The van der Waals surface area contributed by atoms with Gasteiger partial charge >= 0.3 is 0 Å². The van der Waals surface area contributed by atoms with Crippen LogP contribution >= 0.6 is 0 Å². The summed E-state index contributed by atoms with van der Waals surface area (Å²) in [5, 5.41) is 5.82. The van der Waals surface area contributed by atoms with Crippen LogP contribution in [0.25, 0.3) is 0 Å². The van der Waals surface area contributed by atoms with Gasteiger partial charge in [0.25, 0.3) is 11.8 Å². The second-order valence-corrected chi connectivity index (χ2v) is 8.86. The Morgan fingerprint density at radius 2 is 1.71 bits per heavy atom. The van der Waals surface area contributed by atoms with Gasteiger partial charge in [-0.05, 0) is 67.1 Å². The summed E-state index contributed by atoms with van der Waals surface area (Å²) in [6, 6.07) is 20.9. The topological polar surface area (TPSA) is 61.4 Å². The summed E-state index contributed by atoms with van der Waals surface area (Å²) in [5.41, 5.74) is 3.27. The molecular formula is C28H30FN3O2. The van der Waals surface area contributed by atoms with Gasteiger partial charge in [-0.15, -0.1) is 0 Å². The van der Waals surface area contributed by atoms with Gasteiger partial charge in [0, 0.05) is 36.6 Å². The summed E-state index contributed by atoms with van der Waals surface area (Å²) in [6.45, 7) is 4.54. The van der Waals surface area contributed by atoms with E-state index in [4.69, 9.17) is 0 Å². The van der Waals surface area contributed by atoms with Gasteiger partial charge in [-0.3, -0.25) is 9.59 Å². The smallest absolute Gasteiger partial charge is 0.255 e. The lowest BCUT2D eigenvalue weighted by atomic mass is 9.97. The van der Waals surface area contributed by atoms with Crippen LogP contribution in [-0.2, 0) is 6.42 Å². The molecule has 176 valence electrons. The minimum absolute atomic E-state index is 0.175. The lowest BCUT2D eigenvalue weighted by Gasteiger charge is -2.33. The number of carbonyl (C=O) groups excluding carboxylic acids is 2. The van der Waals surface area contributed by atoms with Crippen molar-refractivity contribution in [2.75, 3.05) is 29.9 Å². The molecule has 34 heavy (non-hydrogen) atoms. The van der Waals surface area contributed by atoms with Crippen LogP contribution in [0.5, 0.6) is 0 Å². The zero-order valence-electron chi connectivity index (χ0n) is 19.4. The fourth-order valence-electron chi connectivity index (χ4n) is 4.21. The van der Waals surface area contributed by atoms with Gasteiger partial charge in [0.2, 0.25) is 0 Å². The van der Waals surface area contributed by atoms with Crippen LogP contribution < -0.4 is 15.5 Å². The maximum Gasteiger partial charge on any atom is 0.255 e. The molecule has 2 amide bonds. The largest absolute Gasteiger partial charge is 0.371 e. The Balaban J connectivity index is 1.52. The number of carbonyl (C=O) groups is 2. The molecule has 4 rings (SSSR count). The number of hydrogen-bond donors (Lipinski definition) is 2. The number of nitrogens with one attached hydrogen (secondary N) is 2. The maximum absolute atomic E-state index is 13.5. The van der Waals surface area contributed by atoms with E-state index in [0.717, 1.165) is 43.6 Å². The van der Waals surface area contributed by atoms with Gasteiger partial charge in [0.05, 0.1) is 5.56 Å². The zero-order valence-corrected chi connectivity index (χ0v) is 19.4. The second-order valence-electron chi connectivity index (χ2n) is 8.86. The van der Waals surface area contributed by atoms with Gasteiger partial charge in [-0.2, -0.15) is 0 Å². The molecule has 1 fully saturated rings. The summed E-state index contributed by atoms with van der Waals surface area (Å²) in [4.78, 5) is 28.1. The normalized spacial score (nSPS) is 14.0. The predicted molar refractivity (Wildman–Crippen MR) is 134 cm³/mol. The van der Waals surface area contributed by atoms with Gasteiger partial charge in [-0.25, -0.2) is 4.39 Å². The quantitative estimate of drug-likeness (QED) is 0.505. The lowest BCUT2D eigenvalue weighted by molar-refractivity contribution is 0.0953. The Bertz CT molecular complexity index is 1140. The molecule has 0 atom stereocenters. The molecule has 2 N–H and O–H groups in total. The van der Waals surface area contributed by atoms with E-state index in [0.29, 0.717) is 23.7 Å². The fraction of sp³-hybridized carbons (Fsp3) is 0.286. The van der Waals surface area contributed by atoms with E-state index in [1.807, 2.05) is 36.4 Å². The molecule has 1 aliphatic rings. The summed E-state index contributed by atoms with van der Waals surface area (Å²) in [5.74, 6) is -0.397. The zero-order chi connectivity index (χ0) is 23.9. The van der Waals surface area contributed by atoms with E-state index in [1.165, 1.54) is 18.2 Å². The van der Waals surface area contributed by atoms with Crippen molar-refractivity contribution >= 4 is 23.2 Å². The molecule has 1 saturated heterocycles. The van der Waals surface area contributed by atoms with Crippen LogP contribution in [-0.4, -0.2) is 31.4 Å². The Morgan fingerprint density at radius 3 is 2.44 bits per heavy atom. The van der Waals surface area contributed by atoms with Crippen LogP contribution in [0.2, 0.25) is 0 Å². The van der Waals surface area contributed by atoms with Crippen LogP contribution in [0.4, 0.5) is 15.8 Å². The molecule has 1 aliphatic heterocycles. The van der Waals surface area contributed by atoms with Gasteiger partial charge in [-0.1, -0.05) is 43.3 Å². The number of hydrogen-bond acceptors (Lipinski definition) is 3. The highest BCUT2D eigenvalue weighted by molar-refractivity contribution is 6.06. The molecular weight excluding hydrogens is 429 g/mol. The highest BCUT2D eigenvalue weighted by Crippen LogP contribution is 2.29. The number of anilines is 2. The highest BCUT2D eigenvalue weighted by atomic mass is 19.1. The maximum atomic E-state index is 13.5. The number of benzene rings is 3. The van der Waals surface area contributed by atoms with E-state index in [1.54, 1.807) is 18.2 Å². The number of halogens is 1. The number of piperidine rings is 1. The summed E-state index contributed by atoms with van der Waals surface area (Å²) in [7, 11) is 0. The molecule has 0 aliphatic carbocycles. The van der Waals surface area contributed by atoms with Crippen LogP contribution in [0.3, 0.4) is 0 Å². The van der Waals surface area contributed by atoms with Crippen molar-refractivity contribution in [3.05, 3.63) is 95.3 Å². The molecule has 0 aromatic heterocycles. The van der Waals surface area contributed by atoms with Gasteiger partial charge < -0.3 is 15.5 Å². The van der Waals surface area contributed by atoms with Crippen LogP contribution in [0.15, 0.2) is 72.8 Å². The summed E-state index contributed by atoms with van der Waals surface area (Å²) >= 11 is 0. The predicted octanol–water partition coefficient (Wildman–Crippen LogP) is 5.29. The first-order valence-electron chi connectivity index (χ1n) is 11.8. The second kappa shape index (κ2) is 11.0. The molecule has 0 bridgehead atoms. The van der Waals surface area contributed by atoms with Crippen molar-refractivity contribution in [2.24, 2.45) is 5.92 Å². The molecule has 0 radical (unpaired) electrons. The van der Waals surface area contributed by atoms with Crippen molar-refractivity contribution < 1.29 is 14.0 Å². The summed E-state index contributed by atoms with van der Waals surface area (Å²) < 4.78 is 13.5. The Kier molecular flexibility index (Phi) is 7.58. The molecule has 3 aromatic rings. The van der Waals surface area contributed by atoms with E-state index in [-0.39, 0.29) is 11.5 Å². The first-order valence-corrected chi connectivity index (χ1v) is 11.8. The van der Waals surface area contributed by atoms with Crippen LogP contribution in [0.1, 0.15) is 46.0 Å². The standard InChI is InChI=1S/C28H30FN3O2/c1-20-13-16-32(17-14-20)26-11-10-24(31-27(33)22-8-5-9-23(29)18-22)19-25(26)28(34)30-15-12-21-6-3-2-4-7-21/h2-11,18-20H,12-17H2,1H3,(H,30,34)(H,31,33). The Morgan fingerprint density at radius 1 is 0.941 bits per heavy atom. The lowest BCUT2D eigenvalue weighted by Crippen LogP contribution is -2.35.